The van der Waals surface area contributed by atoms with Gasteiger partial charge in [0, 0.05) is 61.1 Å². The van der Waals surface area contributed by atoms with E-state index in [1.807, 2.05) is 18.2 Å². The highest BCUT2D eigenvalue weighted by atomic mass is 127. The maximum atomic E-state index is 13.7. The fourth-order valence-electron chi connectivity index (χ4n) is 20.5. The summed E-state index contributed by atoms with van der Waals surface area (Å²) in [7, 11) is 0. The highest BCUT2D eigenvalue weighted by Crippen LogP contribution is 2.65. The van der Waals surface area contributed by atoms with Crippen LogP contribution in [0.1, 0.15) is 203 Å². The van der Waals surface area contributed by atoms with Gasteiger partial charge in [-0.1, -0.05) is 385 Å². The molecule has 15 aromatic carbocycles. The van der Waals surface area contributed by atoms with Crippen LogP contribution in [-0.2, 0) is 37.9 Å². The maximum absolute atomic E-state index is 13.7. The molecule has 0 atom stereocenters. The molecule has 0 fully saturated rings. The molecule has 6 aliphatic rings. The number of aryl methyl sites for hydroxylation is 1. The highest BCUT2D eigenvalue weighted by molar-refractivity contribution is 14.1. The van der Waals surface area contributed by atoms with E-state index in [0.717, 1.165) is 38.4 Å². The second-order valence-electron chi connectivity index (χ2n) is 37.9. The molecule has 672 valence electrons. The van der Waals surface area contributed by atoms with Gasteiger partial charge >= 0.3 is 12.4 Å². The highest BCUT2D eigenvalue weighted by Gasteiger charge is 2.75. The van der Waals surface area contributed by atoms with Crippen molar-refractivity contribution in [3.05, 3.63) is 425 Å². The van der Waals surface area contributed by atoms with Gasteiger partial charge in [-0.25, -0.2) is 0 Å². The Morgan fingerprint density at radius 3 is 1.09 bits per heavy atom. The molecule has 0 N–H and O–H groups in total. The van der Waals surface area contributed by atoms with Crippen LogP contribution in [0.3, 0.4) is 0 Å². The van der Waals surface area contributed by atoms with Gasteiger partial charge in [0.1, 0.15) is 0 Å². The van der Waals surface area contributed by atoms with Crippen LogP contribution in [0, 0.1) is 41.8 Å². The van der Waals surface area contributed by atoms with Crippen molar-refractivity contribution >= 4 is 152 Å². The fourth-order valence-corrected chi connectivity index (χ4v) is 23.6. The number of benzene rings is 15. The predicted octanol–water partition coefficient (Wildman–Crippen LogP) is 39.0. The molecule has 0 spiro atoms. The van der Waals surface area contributed by atoms with Gasteiger partial charge in [-0.3, -0.25) is 0 Å². The van der Waals surface area contributed by atoms with E-state index in [0.29, 0.717) is 0 Å². The molecule has 15 aromatic rings. The van der Waals surface area contributed by atoms with Gasteiger partial charge in [-0.2, -0.15) is 26.3 Å². The average molecular weight is 2360 g/mol. The SMILES string of the molecule is Brc1ccc2ccccc2c1.CC(C)(C)c1ccc2c(c1)C(C)(C)c1cc(Br)ccc1-2.CC1(C)c2ccccc2-c2ccc(I)cc21.CCC1(CC)c2ccccc2-c2ccc(Br)cc21.Cc1c(C)c(C)c2c(c1C)-c1ccc(Br)cc1C2(C)C.Cc1ccc2c(c1)C(C)(C)c1cc(Br)ccc1-2.FC(F)(F)C1(C(F)(F)F)c2ccccc2-c2ccc(Br)cc21.Ic1ccccc1. The minimum Gasteiger partial charge on any atom is -0.169 e. The van der Waals surface area contributed by atoms with Crippen molar-refractivity contribution in [1.29, 1.82) is 0 Å². The van der Waals surface area contributed by atoms with E-state index in [4.69, 9.17) is 0 Å². The van der Waals surface area contributed by atoms with Crippen molar-refractivity contribution in [2.24, 2.45) is 0 Å². The second-order valence-corrected chi connectivity index (χ2v) is 45.9. The number of halogens is 14. The van der Waals surface area contributed by atoms with Crippen LogP contribution in [-0.4, -0.2) is 12.4 Å². The summed E-state index contributed by atoms with van der Waals surface area (Å²) in [4.78, 5) is 0. The molecule has 0 saturated heterocycles. The summed E-state index contributed by atoms with van der Waals surface area (Å²) in [5, 5.41) is 2.57. The topological polar surface area (TPSA) is 0 Å². The Morgan fingerprint density at radius 2 is 0.603 bits per heavy atom. The minimum absolute atomic E-state index is 0.0420. The van der Waals surface area contributed by atoms with E-state index in [9.17, 15) is 26.3 Å². The van der Waals surface area contributed by atoms with Crippen LogP contribution in [0.5, 0.6) is 0 Å². The Labute approximate surface area is 848 Å². The molecule has 0 nitrogen and oxygen atoms in total. The van der Waals surface area contributed by atoms with Crippen LogP contribution in [0.15, 0.2) is 318 Å². The van der Waals surface area contributed by atoms with Gasteiger partial charge in [0.15, 0.2) is 0 Å². The largest absolute Gasteiger partial charge is 0.411 e. The van der Waals surface area contributed by atoms with E-state index in [1.165, 1.54) is 202 Å². The summed E-state index contributed by atoms with van der Waals surface area (Å²) in [5.74, 6) is 0. The van der Waals surface area contributed by atoms with Gasteiger partial charge in [0.2, 0.25) is 5.41 Å². The van der Waals surface area contributed by atoms with Gasteiger partial charge in [0.25, 0.3) is 0 Å². The second kappa shape index (κ2) is 38.6. The number of alkyl halides is 6. The van der Waals surface area contributed by atoms with Crippen molar-refractivity contribution in [3.63, 3.8) is 0 Å². The summed E-state index contributed by atoms with van der Waals surface area (Å²) >= 11 is 25.5. The van der Waals surface area contributed by atoms with Gasteiger partial charge < -0.3 is 0 Å². The molecule has 131 heavy (non-hydrogen) atoms. The number of hydrogen-bond donors (Lipinski definition) is 0. The molecule has 6 aliphatic carbocycles. The lowest BCUT2D eigenvalue weighted by Gasteiger charge is -2.35. The third-order valence-electron chi connectivity index (χ3n) is 27.8. The molecule has 0 heterocycles. The van der Waals surface area contributed by atoms with Crippen LogP contribution < -0.4 is 0 Å². The molecular weight excluding hydrogens is 2250 g/mol. The zero-order chi connectivity index (χ0) is 94.9. The van der Waals surface area contributed by atoms with Crippen molar-refractivity contribution in [3.8, 4) is 66.8 Å². The van der Waals surface area contributed by atoms with Crippen LogP contribution in [0.25, 0.3) is 77.5 Å². The molecule has 14 heteroatoms. The van der Waals surface area contributed by atoms with E-state index >= 15 is 0 Å². The molecule has 0 radical (unpaired) electrons. The van der Waals surface area contributed by atoms with Crippen LogP contribution in [0.4, 0.5) is 26.3 Å². The van der Waals surface area contributed by atoms with Crippen LogP contribution >= 0.6 is 141 Å². The Bertz CT molecular complexity index is 6810. The number of hydrogen-bond acceptors (Lipinski definition) is 0. The van der Waals surface area contributed by atoms with Gasteiger partial charge in [-0.15, -0.1) is 0 Å². The predicted molar refractivity (Wildman–Crippen MR) is 578 cm³/mol. The van der Waals surface area contributed by atoms with E-state index < -0.39 is 28.9 Å². The first-order valence-electron chi connectivity index (χ1n) is 44.1. The third kappa shape index (κ3) is 18.8. The molecule has 0 amide bonds. The Balaban J connectivity index is 0.000000122. The quantitative estimate of drug-likeness (QED) is 0.120. The van der Waals surface area contributed by atoms with Crippen molar-refractivity contribution in [2.75, 3.05) is 0 Å². The zero-order valence-electron chi connectivity index (χ0n) is 76.9. The van der Waals surface area contributed by atoms with Crippen LogP contribution in [0.2, 0.25) is 0 Å². The third-order valence-corrected chi connectivity index (χ3v) is 32.2. The standard InChI is InChI=1S/2C19H21Br.C17H17Br.C16H15Br.C15H7BrF6.C15H13I.C10H7Br.C6H5I/c1-10-11(2)13(4)18-17(12(10)3)15-8-7-14(20)9-16(15)19(18,5)6;1-18(2,3)12-6-8-14-15-9-7-13(20)11-17(15)19(4,5)16(14)10-12;1-3-17(4-2)15-8-6-5-7-13(15)14-10-9-12(18)11-16(14)17;1-10-4-6-12-13-7-5-11(17)9-15(13)16(2,3)14(12)8-10;16-8-5-6-10-9-3-1-2-4-11(9)13(12(10)7-8,14(17,18)19)15(20,21)22;1-15(2)13-6-4-3-5-11(13)12-8-7-10(16)9-14(12)15;11-10-6-5-8-3-1-2-4-9(8)7-10;7-6-4-2-1-3-5-6/h7-9H,1-6H3;6-11H,1-5H3;5-11H,3-4H2,1-2H3;4-9H,1-3H3;1-7H;3-9H,1-2H3;1-7H;1-5H. The van der Waals surface area contributed by atoms with E-state index in [-0.39, 0.29) is 48.1 Å². The lowest BCUT2D eigenvalue weighted by Crippen LogP contribution is -2.53. The Morgan fingerprint density at radius 1 is 0.267 bits per heavy atom. The van der Waals surface area contributed by atoms with Crippen molar-refractivity contribution < 1.29 is 26.3 Å². The minimum atomic E-state index is -5.51. The maximum Gasteiger partial charge on any atom is 0.411 e. The molecule has 0 aromatic heterocycles. The molecule has 0 unspecified atom stereocenters. The molecule has 0 bridgehead atoms. The fraction of sp³-hybridized carbons (Fsp3) is 0.248. The molecule has 0 saturated carbocycles. The molecule has 0 aliphatic heterocycles. The first-order chi connectivity index (χ1) is 61.7. The summed E-state index contributed by atoms with van der Waals surface area (Å²) in [6, 6.07) is 98.1. The average Bonchev–Trinajstić information content (AvgIpc) is 1.53. The normalized spacial score (nSPS) is 14.8. The Kier molecular flexibility index (Phi) is 29.3. The monoisotopic (exact) mass is 2350 g/mol. The molecular formula is C117H106Br6F6I2. The van der Waals surface area contributed by atoms with Gasteiger partial charge in [-0.05, 0) is 367 Å². The van der Waals surface area contributed by atoms with E-state index in [1.54, 1.807) is 0 Å². The first-order valence-corrected chi connectivity index (χ1v) is 51.0. The lowest BCUT2D eigenvalue weighted by molar-refractivity contribution is -0.287. The Hall–Kier alpha value is -7.52. The van der Waals surface area contributed by atoms with Crippen molar-refractivity contribution in [1.82, 2.24) is 0 Å². The zero-order valence-corrected chi connectivity index (χ0v) is 90.7. The van der Waals surface area contributed by atoms with E-state index in [2.05, 4.69) is 496 Å². The number of fused-ring (bicyclic) bond motifs is 19. The number of rotatable bonds is 2. The summed E-state index contributed by atoms with van der Waals surface area (Å²) in [6.45, 7) is 41.3. The summed E-state index contributed by atoms with van der Waals surface area (Å²) in [6.07, 6.45) is -8.70. The summed E-state index contributed by atoms with van der Waals surface area (Å²) < 4.78 is 90.6. The van der Waals surface area contributed by atoms with Crippen molar-refractivity contribution in [2.45, 2.75) is 188 Å². The molecule has 21 rings (SSSR count). The smallest absolute Gasteiger partial charge is 0.169 e. The lowest BCUT2D eigenvalue weighted by atomic mass is 9.74. The first kappa shape index (κ1) is 99.4. The summed E-state index contributed by atoms with van der Waals surface area (Å²) in [5.41, 5.74) is 32.4. The van der Waals surface area contributed by atoms with Gasteiger partial charge in [0.05, 0.1) is 0 Å².